The summed E-state index contributed by atoms with van der Waals surface area (Å²) >= 11 is 0. The zero-order valence-corrected chi connectivity index (χ0v) is 26.2. The highest BCUT2D eigenvalue weighted by atomic mass is 32.2. The summed E-state index contributed by atoms with van der Waals surface area (Å²) in [5.74, 6) is -0.251. The molecule has 4 aromatic rings. The predicted octanol–water partition coefficient (Wildman–Crippen LogP) is 5.37. The molecule has 4 aromatic carbocycles. The van der Waals surface area contributed by atoms with E-state index in [1.807, 2.05) is 74.5 Å². The van der Waals surface area contributed by atoms with Crippen LogP contribution in [0.1, 0.15) is 30.0 Å². The molecule has 0 radical (unpaired) electrons. The molecule has 0 spiro atoms. The molecule has 0 bridgehead atoms. The van der Waals surface area contributed by atoms with E-state index in [1.54, 1.807) is 36.4 Å². The number of methoxy groups -OCH3 is 1. The minimum Gasteiger partial charge on any atom is -0.497 e. The molecular formula is C35H39N3O5S. The summed E-state index contributed by atoms with van der Waals surface area (Å²) < 4.78 is 34.6. The molecule has 2 amide bonds. The Kier molecular flexibility index (Phi) is 11.2. The lowest BCUT2D eigenvalue weighted by molar-refractivity contribution is -0.140. The van der Waals surface area contributed by atoms with Crippen molar-refractivity contribution in [2.75, 3.05) is 24.5 Å². The Morgan fingerprint density at radius 2 is 1.41 bits per heavy atom. The van der Waals surface area contributed by atoms with Crippen LogP contribution in [0.25, 0.3) is 0 Å². The van der Waals surface area contributed by atoms with Gasteiger partial charge in [0.1, 0.15) is 18.3 Å². The molecule has 0 aliphatic heterocycles. The number of carbonyl (C=O) groups excluding carboxylic acids is 2. The number of hydrogen-bond acceptors (Lipinski definition) is 5. The van der Waals surface area contributed by atoms with E-state index in [0.717, 1.165) is 27.4 Å². The molecule has 9 heteroatoms. The summed E-state index contributed by atoms with van der Waals surface area (Å²) in [6, 6.07) is 31.0. The Bertz CT molecular complexity index is 1610. The summed E-state index contributed by atoms with van der Waals surface area (Å²) in [5, 5.41) is 2.95. The standard InChI is InChI=1S/C35H39N3O5S/c1-4-23-36-35(40)33(24-28-11-7-5-8-12-28)37(25-29-13-9-6-10-14-29)34(39)26-38(30-17-19-31(43-3)20-18-30)44(41,42)32-21-15-27(2)16-22-32/h5-22,33H,4,23-26H2,1-3H3,(H,36,40)/t33-/m0/s1. The second-order valence-electron chi connectivity index (χ2n) is 10.5. The van der Waals surface area contributed by atoms with Gasteiger partial charge in [-0.3, -0.25) is 13.9 Å². The van der Waals surface area contributed by atoms with Gasteiger partial charge in [-0.1, -0.05) is 85.3 Å². The van der Waals surface area contributed by atoms with Crippen molar-refractivity contribution in [3.05, 3.63) is 126 Å². The van der Waals surface area contributed by atoms with E-state index in [2.05, 4.69) is 5.32 Å². The van der Waals surface area contributed by atoms with Gasteiger partial charge in [-0.05, 0) is 60.9 Å². The van der Waals surface area contributed by atoms with Gasteiger partial charge >= 0.3 is 0 Å². The van der Waals surface area contributed by atoms with Crippen LogP contribution in [-0.2, 0) is 32.6 Å². The number of ether oxygens (including phenoxy) is 1. The monoisotopic (exact) mass is 613 g/mol. The van der Waals surface area contributed by atoms with Gasteiger partial charge in [0.2, 0.25) is 11.8 Å². The molecule has 0 unspecified atom stereocenters. The van der Waals surface area contributed by atoms with Gasteiger partial charge in [0.05, 0.1) is 17.7 Å². The van der Waals surface area contributed by atoms with Crippen molar-refractivity contribution in [3.63, 3.8) is 0 Å². The Labute approximate surface area is 260 Å². The van der Waals surface area contributed by atoms with E-state index in [-0.39, 0.29) is 23.8 Å². The molecule has 8 nitrogen and oxygen atoms in total. The van der Waals surface area contributed by atoms with Gasteiger partial charge in [-0.25, -0.2) is 8.42 Å². The van der Waals surface area contributed by atoms with Crippen molar-refractivity contribution < 1.29 is 22.7 Å². The van der Waals surface area contributed by atoms with E-state index in [1.165, 1.54) is 24.1 Å². The molecule has 0 aliphatic carbocycles. The van der Waals surface area contributed by atoms with Crippen LogP contribution in [0.15, 0.2) is 114 Å². The molecule has 0 heterocycles. The van der Waals surface area contributed by atoms with E-state index < -0.39 is 28.5 Å². The van der Waals surface area contributed by atoms with Crippen molar-refractivity contribution in [2.45, 2.75) is 44.2 Å². The topological polar surface area (TPSA) is 96.0 Å². The molecule has 0 fully saturated rings. The largest absolute Gasteiger partial charge is 0.497 e. The van der Waals surface area contributed by atoms with Crippen LogP contribution >= 0.6 is 0 Å². The maximum atomic E-state index is 14.4. The normalized spacial score (nSPS) is 11.8. The number of nitrogens with one attached hydrogen (secondary N) is 1. The van der Waals surface area contributed by atoms with Crippen LogP contribution in [0.3, 0.4) is 0 Å². The SMILES string of the molecule is CCCNC(=O)[C@H](Cc1ccccc1)N(Cc1ccccc1)C(=O)CN(c1ccc(OC)cc1)S(=O)(=O)c1ccc(C)cc1. The molecule has 230 valence electrons. The van der Waals surface area contributed by atoms with Crippen LogP contribution in [0, 0.1) is 6.92 Å². The number of sulfonamides is 1. The zero-order valence-electron chi connectivity index (χ0n) is 25.3. The number of carbonyl (C=O) groups is 2. The third-order valence-electron chi connectivity index (χ3n) is 7.26. The molecule has 0 saturated carbocycles. The Balaban J connectivity index is 1.78. The number of amides is 2. The summed E-state index contributed by atoms with van der Waals surface area (Å²) in [6.45, 7) is 3.90. The lowest BCUT2D eigenvalue weighted by atomic mass is 10.0. The summed E-state index contributed by atoms with van der Waals surface area (Å²) in [6.07, 6.45) is 0.999. The van der Waals surface area contributed by atoms with Crippen LogP contribution < -0.4 is 14.4 Å². The lowest BCUT2D eigenvalue weighted by Crippen LogP contribution is -2.53. The average molecular weight is 614 g/mol. The van der Waals surface area contributed by atoms with Crippen molar-refractivity contribution in [2.24, 2.45) is 0 Å². The average Bonchev–Trinajstić information content (AvgIpc) is 3.05. The molecule has 0 aliphatic rings. The Hall–Kier alpha value is -4.63. The number of anilines is 1. The number of benzene rings is 4. The van der Waals surface area contributed by atoms with Gasteiger partial charge < -0.3 is 15.0 Å². The van der Waals surface area contributed by atoms with Crippen LogP contribution in [0.2, 0.25) is 0 Å². The maximum Gasteiger partial charge on any atom is 0.264 e. The van der Waals surface area contributed by atoms with Gasteiger partial charge in [0, 0.05) is 19.5 Å². The number of hydrogen-bond donors (Lipinski definition) is 1. The van der Waals surface area contributed by atoms with Crippen LogP contribution in [0.5, 0.6) is 5.75 Å². The van der Waals surface area contributed by atoms with E-state index >= 15 is 0 Å². The maximum absolute atomic E-state index is 14.4. The van der Waals surface area contributed by atoms with Crippen molar-refractivity contribution in [1.82, 2.24) is 10.2 Å². The predicted molar refractivity (Wildman–Crippen MR) is 173 cm³/mol. The van der Waals surface area contributed by atoms with Crippen LogP contribution in [-0.4, -0.2) is 51.4 Å². The van der Waals surface area contributed by atoms with Crippen molar-refractivity contribution in [3.8, 4) is 5.75 Å². The summed E-state index contributed by atoms with van der Waals surface area (Å²) in [7, 11) is -2.64. The van der Waals surface area contributed by atoms with Gasteiger partial charge in [0.15, 0.2) is 0 Å². The van der Waals surface area contributed by atoms with E-state index in [9.17, 15) is 18.0 Å². The third-order valence-corrected chi connectivity index (χ3v) is 9.05. The first-order valence-corrected chi connectivity index (χ1v) is 16.1. The second-order valence-corrected chi connectivity index (χ2v) is 12.4. The van der Waals surface area contributed by atoms with E-state index in [0.29, 0.717) is 18.0 Å². The van der Waals surface area contributed by atoms with Crippen LogP contribution in [0.4, 0.5) is 5.69 Å². The number of rotatable bonds is 14. The third kappa shape index (κ3) is 8.26. The first-order chi connectivity index (χ1) is 21.2. The van der Waals surface area contributed by atoms with E-state index in [4.69, 9.17) is 4.74 Å². The molecule has 4 rings (SSSR count). The summed E-state index contributed by atoms with van der Waals surface area (Å²) in [5.41, 5.74) is 2.91. The van der Waals surface area contributed by atoms with Gasteiger partial charge in [0.25, 0.3) is 10.0 Å². The highest BCUT2D eigenvalue weighted by Gasteiger charge is 2.34. The van der Waals surface area contributed by atoms with Crippen molar-refractivity contribution >= 4 is 27.5 Å². The minimum atomic E-state index is -4.17. The minimum absolute atomic E-state index is 0.0582. The van der Waals surface area contributed by atoms with Gasteiger partial charge in [-0.2, -0.15) is 0 Å². The number of nitrogens with zero attached hydrogens (tertiary/aromatic N) is 2. The highest BCUT2D eigenvalue weighted by Crippen LogP contribution is 2.27. The van der Waals surface area contributed by atoms with Crippen molar-refractivity contribution in [1.29, 1.82) is 0 Å². The first-order valence-electron chi connectivity index (χ1n) is 14.6. The zero-order chi connectivity index (χ0) is 31.5. The smallest absolute Gasteiger partial charge is 0.264 e. The molecular weight excluding hydrogens is 574 g/mol. The highest BCUT2D eigenvalue weighted by molar-refractivity contribution is 7.92. The molecule has 44 heavy (non-hydrogen) atoms. The molecule has 1 atom stereocenters. The fourth-order valence-electron chi connectivity index (χ4n) is 4.81. The second kappa shape index (κ2) is 15.2. The molecule has 0 saturated heterocycles. The van der Waals surface area contributed by atoms with Gasteiger partial charge in [-0.15, -0.1) is 0 Å². The Morgan fingerprint density at radius 3 is 1.98 bits per heavy atom. The lowest BCUT2D eigenvalue weighted by Gasteiger charge is -2.34. The fourth-order valence-corrected chi connectivity index (χ4v) is 6.23. The molecule has 1 N–H and O–H groups in total. The first kappa shape index (κ1) is 32.3. The summed E-state index contributed by atoms with van der Waals surface area (Å²) in [4.78, 5) is 29.6. The fraction of sp³-hybridized carbons (Fsp3) is 0.257. The molecule has 0 aromatic heterocycles. The number of aryl methyl sites for hydroxylation is 1. The Morgan fingerprint density at radius 1 is 0.818 bits per heavy atom. The quantitative estimate of drug-likeness (QED) is 0.207.